The van der Waals surface area contributed by atoms with Crippen molar-refractivity contribution in [2.75, 3.05) is 31.5 Å². The van der Waals surface area contributed by atoms with E-state index in [2.05, 4.69) is 10.3 Å². The number of carbonyl (C=O) groups excluding carboxylic acids is 2. The lowest BCUT2D eigenvalue weighted by Crippen LogP contribution is -2.51. The molecule has 138 valence electrons. The fourth-order valence-corrected chi connectivity index (χ4v) is 3.17. The highest BCUT2D eigenvalue weighted by molar-refractivity contribution is 7.13. The third-order valence-electron chi connectivity index (χ3n) is 3.96. The number of nitrogens with zero attached hydrogens (tertiary/aromatic N) is 3. The van der Waals surface area contributed by atoms with Crippen LogP contribution in [-0.4, -0.2) is 52.9 Å². The monoisotopic (exact) mass is 384 g/mol. The highest BCUT2D eigenvalue weighted by Gasteiger charge is 2.36. The number of urea groups is 1. The van der Waals surface area contributed by atoms with Crippen molar-refractivity contribution >= 4 is 28.4 Å². The van der Waals surface area contributed by atoms with Gasteiger partial charge in [-0.1, -0.05) is 12.1 Å². The first-order valence-corrected chi connectivity index (χ1v) is 8.65. The van der Waals surface area contributed by atoms with E-state index in [0.29, 0.717) is 5.13 Å². The van der Waals surface area contributed by atoms with Gasteiger partial charge >= 0.3 is 12.2 Å². The minimum absolute atomic E-state index is 0.163. The highest BCUT2D eigenvalue weighted by Crippen LogP contribution is 2.32. The Morgan fingerprint density at radius 2 is 1.73 bits per heavy atom. The number of hydrogen-bond donors (Lipinski definition) is 1. The largest absolute Gasteiger partial charge is 0.417 e. The second-order valence-corrected chi connectivity index (χ2v) is 6.48. The van der Waals surface area contributed by atoms with E-state index in [-0.39, 0.29) is 37.8 Å². The van der Waals surface area contributed by atoms with Crippen LogP contribution >= 0.6 is 11.3 Å². The van der Waals surface area contributed by atoms with Gasteiger partial charge in [-0.15, -0.1) is 11.3 Å². The molecule has 1 fully saturated rings. The van der Waals surface area contributed by atoms with Crippen molar-refractivity contribution < 1.29 is 22.8 Å². The molecule has 0 spiro atoms. The fraction of sp³-hybridized carbons (Fsp3) is 0.312. The van der Waals surface area contributed by atoms with Gasteiger partial charge in [-0.3, -0.25) is 10.1 Å². The molecule has 1 N–H and O–H groups in total. The molecule has 10 heteroatoms. The Balaban J connectivity index is 1.63. The molecule has 26 heavy (non-hydrogen) atoms. The molecule has 1 aliphatic heterocycles. The molecule has 0 unspecified atom stereocenters. The minimum Gasteiger partial charge on any atom is -0.335 e. The molecule has 1 aromatic heterocycles. The van der Waals surface area contributed by atoms with Crippen LogP contribution in [0.15, 0.2) is 35.8 Å². The first-order valence-electron chi connectivity index (χ1n) is 7.77. The number of thiazole rings is 1. The predicted molar refractivity (Wildman–Crippen MR) is 90.1 cm³/mol. The number of carbonyl (C=O) groups is 2. The predicted octanol–water partition coefficient (Wildman–Crippen LogP) is 3.15. The average Bonchev–Trinajstić information content (AvgIpc) is 3.13. The minimum atomic E-state index is -4.60. The Hall–Kier alpha value is -2.62. The van der Waals surface area contributed by atoms with E-state index in [1.165, 1.54) is 39.3 Å². The summed E-state index contributed by atoms with van der Waals surface area (Å²) < 4.78 is 39.3. The summed E-state index contributed by atoms with van der Waals surface area (Å²) in [6.45, 7) is 0.793. The summed E-state index contributed by atoms with van der Waals surface area (Å²) in [7, 11) is 0. The molecule has 0 saturated carbocycles. The van der Waals surface area contributed by atoms with Crippen LogP contribution in [0.4, 0.5) is 23.1 Å². The number of anilines is 1. The van der Waals surface area contributed by atoms with Crippen LogP contribution in [0.2, 0.25) is 0 Å². The van der Waals surface area contributed by atoms with Gasteiger partial charge in [-0.2, -0.15) is 13.2 Å². The lowest BCUT2D eigenvalue weighted by Gasteiger charge is -2.34. The second kappa shape index (κ2) is 7.32. The fourth-order valence-electron chi connectivity index (χ4n) is 2.66. The summed E-state index contributed by atoms with van der Waals surface area (Å²) in [6.07, 6.45) is -3.03. The van der Waals surface area contributed by atoms with E-state index < -0.39 is 17.6 Å². The summed E-state index contributed by atoms with van der Waals surface area (Å²) in [4.78, 5) is 31.4. The van der Waals surface area contributed by atoms with Gasteiger partial charge in [0.1, 0.15) is 0 Å². The maximum Gasteiger partial charge on any atom is 0.417 e. The number of amides is 3. The molecule has 0 atom stereocenters. The number of piperazine rings is 1. The molecule has 2 aromatic rings. The lowest BCUT2D eigenvalue weighted by atomic mass is 10.1. The quantitative estimate of drug-likeness (QED) is 0.865. The molecular formula is C16H15F3N4O2S. The molecule has 1 aliphatic rings. The standard InChI is InChI=1S/C16H15F3N4O2S/c17-16(18,19)12-4-2-1-3-11(12)13(24)22-6-8-23(9-7-22)15(25)21-14-20-5-10-26-14/h1-5,10H,6-9H2,(H,20,21,25). The lowest BCUT2D eigenvalue weighted by molar-refractivity contribution is -0.138. The third-order valence-corrected chi connectivity index (χ3v) is 4.65. The van der Waals surface area contributed by atoms with Crippen LogP contribution in [-0.2, 0) is 6.18 Å². The first-order chi connectivity index (χ1) is 12.4. The van der Waals surface area contributed by atoms with Gasteiger partial charge in [-0.25, -0.2) is 9.78 Å². The van der Waals surface area contributed by atoms with E-state index in [1.807, 2.05) is 0 Å². The topological polar surface area (TPSA) is 65.5 Å². The molecule has 1 aromatic carbocycles. The zero-order valence-electron chi connectivity index (χ0n) is 13.5. The number of alkyl halides is 3. The zero-order valence-corrected chi connectivity index (χ0v) is 14.3. The van der Waals surface area contributed by atoms with E-state index in [1.54, 1.807) is 11.6 Å². The Bertz CT molecular complexity index is 787. The number of aromatic nitrogens is 1. The normalized spacial score (nSPS) is 15.0. The Kier molecular flexibility index (Phi) is 5.12. The maximum absolute atomic E-state index is 13.1. The average molecular weight is 384 g/mol. The van der Waals surface area contributed by atoms with Crippen molar-refractivity contribution in [2.45, 2.75) is 6.18 Å². The molecular weight excluding hydrogens is 369 g/mol. The van der Waals surface area contributed by atoms with Crippen LogP contribution in [0, 0.1) is 0 Å². The Morgan fingerprint density at radius 3 is 2.35 bits per heavy atom. The molecule has 3 rings (SSSR count). The number of benzene rings is 1. The van der Waals surface area contributed by atoms with Crippen molar-refractivity contribution in [3.63, 3.8) is 0 Å². The smallest absolute Gasteiger partial charge is 0.335 e. The summed E-state index contributed by atoms with van der Waals surface area (Å²) in [5, 5.41) is 4.83. The van der Waals surface area contributed by atoms with E-state index >= 15 is 0 Å². The number of nitrogens with one attached hydrogen (secondary N) is 1. The maximum atomic E-state index is 13.1. The summed E-state index contributed by atoms with van der Waals surface area (Å²) >= 11 is 1.28. The zero-order chi connectivity index (χ0) is 18.7. The molecule has 6 nitrogen and oxygen atoms in total. The SMILES string of the molecule is O=C(Nc1nccs1)N1CCN(C(=O)c2ccccc2C(F)(F)F)CC1. The van der Waals surface area contributed by atoms with Crippen molar-refractivity contribution in [1.29, 1.82) is 0 Å². The van der Waals surface area contributed by atoms with E-state index in [9.17, 15) is 22.8 Å². The van der Waals surface area contributed by atoms with Crippen LogP contribution in [0.3, 0.4) is 0 Å². The van der Waals surface area contributed by atoms with Gasteiger partial charge in [0.2, 0.25) is 0 Å². The molecule has 3 amide bonds. The van der Waals surface area contributed by atoms with Crippen molar-refractivity contribution in [3.8, 4) is 0 Å². The summed E-state index contributed by atoms with van der Waals surface area (Å²) in [5.74, 6) is -0.682. The van der Waals surface area contributed by atoms with E-state index in [4.69, 9.17) is 0 Å². The molecule has 2 heterocycles. The molecule has 0 bridgehead atoms. The summed E-state index contributed by atoms with van der Waals surface area (Å²) in [5.41, 5.74) is -1.32. The molecule has 1 saturated heterocycles. The Labute approximate surface area is 151 Å². The molecule has 0 radical (unpaired) electrons. The van der Waals surface area contributed by atoms with Crippen LogP contribution in [0.25, 0.3) is 0 Å². The van der Waals surface area contributed by atoms with E-state index in [0.717, 1.165) is 6.07 Å². The van der Waals surface area contributed by atoms with Crippen molar-refractivity contribution in [1.82, 2.24) is 14.8 Å². The van der Waals surface area contributed by atoms with Gasteiger partial charge in [-0.05, 0) is 12.1 Å². The van der Waals surface area contributed by atoms with Crippen LogP contribution < -0.4 is 5.32 Å². The van der Waals surface area contributed by atoms with Gasteiger partial charge in [0.25, 0.3) is 5.91 Å². The first kappa shape index (κ1) is 18.2. The van der Waals surface area contributed by atoms with Gasteiger partial charge in [0, 0.05) is 37.8 Å². The van der Waals surface area contributed by atoms with Gasteiger partial charge in [0.05, 0.1) is 11.1 Å². The van der Waals surface area contributed by atoms with Crippen molar-refractivity contribution in [2.24, 2.45) is 0 Å². The van der Waals surface area contributed by atoms with Gasteiger partial charge < -0.3 is 9.80 Å². The Morgan fingerprint density at radius 1 is 1.08 bits per heavy atom. The number of rotatable bonds is 2. The highest BCUT2D eigenvalue weighted by atomic mass is 32.1. The van der Waals surface area contributed by atoms with Crippen LogP contribution in [0.5, 0.6) is 0 Å². The number of hydrogen-bond acceptors (Lipinski definition) is 4. The third kappa shape index (κ3) is 3.96. The van der Waals surface area contributed by atoms with Crippen molar-refractivity contribution in [3.05, 3.63) is 47.0 Å². The summed E-state index contributed by atoms with van der Waals surface area (Å²) in [6, 6.07) is 4.38. The van der Waals surface area contributed by atoms with Gasteiger partial charge in [0.15, 0.2) is 5.13 Å². The molecule has 0 aliphatic carbocycles. The second-order valence-electron chi connectivity index (χ2n) is 5.59. The van der Waals surface area contributed by atoms with Crippen LogP contribution in [0.1, 0.15) is 15.9 Å². The number of halogens is 3.